The van der Waals surface area contributed by atoms with Gasteiger partial charge in [0.1, 0.15) is 10.7 Å². The molecule has 0 aliphatic heterocycles. The number of anilines is 2. The number of halogens is 1. The zero-order chi connectivity index (χ0) is 15.6. The van der Waals surface area contributed by atoms with Crippen molar-refractivity contribution < 1.29 is 13.3 Å². The zero-order valence-electron chi connectivity index (χ0n) is 10.4. The summed E-state index contributed by atoms with van der Waals surface area (Å²) in [5, 5.41) is 10.6. The largest absolute Gasteiger partial charge is 0.383 e. The van der Waals surface area contributed by atoms with E-state index in [1.165, 1.54) is 36.5 Å². The van der Waals surface area contributed by atoms with Gasteiger partial charge in [0.15, 0.2) is 0 Å². The molecule has 0 saturated heterocycles. The minimum atomic E-state index is -3.94. The third kappa shape index (κ3) is 3.28. The van der Waals surface area contributed by atoms with Crippen molar-refractivity contribution in [3.8, 4) is 0 Å². The minimum Gasteiger partial charge on any atom is -0.383 e. The molecule has 3 N–H and O–H groups in total. The van der Waals surface area contributed by atoms with Gasteiger partial charge < -0.3 is 5.73 Å². The van der Waals surface area contributed by atoms with Crippen LogP contribution < -0.4 is 10.5 Å². The number of hydrogen-bond donors (Lipinski definition) is 2. The fourth-order valence-electron chi connectivity index (χ4n) is 1.53. The molecule has 0 atom stereocenters. The van der Waals surface area contributed by atoms with Gasteiger partial charge in [-0.1, -0.05) is 0 Å². The lowest BCUT2D eigenvalue weighted by Crippen LogP contribution is -2.15. The molecule has 0 radical (unpaired) electrons. The SMILES string of the molecule is Nc1ncccc1S(=O)(=O)Nc1ccc([N+](=O)[O-])cc1Br. The molecule has 1 aromatic heterocycles. The summed E-state index contributed by atoms with van der Waals surface area (Å²) >= 11 is 3.08. The van der Waals surface area contributed by atoms with E-state index < -0.39 is 14.9 Å². The summed E-state index contributed by atoms with van der Waals surface area (Å²) in [7, 11) is -3.94. The van der Waals surface area contributed by atoms with Crippen LogP contribution >= 0.6 is 15.9 Å². The number of nitrogens with one attached hydrogen (secondary N) is 1. The number of hydrogen-bond acceptors (Lipinski definition) is 6. The van der Waals surface area contributed by atoms with Gasteiger partial charge in [-0.3, -0.25) is 14.8 Å². The average molecular weight is 373 g/mol. The number of nitro benzene ring substituents is 1. The summed E-state index contributed by atoms with van der Waals surface area (Å²) in [5.74, 6) is -0.136. The van der Waals surface area contributed by atoms with Crippen molar-refractivity contribution in [1.82, 2.24) is 4.98 Å². The van der Waals surface area contributed by atoms with E-state index in [4.69, 9.17) is 5.73 Å². The highest BCUT2D eigenvalue weighted by atomic mass is 79.9. The Morgan fingerprint density at radius 2 is 2.05 bits per heavy atom. The van der Waals surface area contributed by atoms with E-state index in [-0.39, 0.29) is 26.6 Å². The summed E-state index contributed by atoms with van der Waals surface area (Å²) in [6, 6.07) is 6.42. The second-order valence-electron chi connectivity index (χ2n) is 3.91. The van der Waals surface area contributed by atoms with Crippen LogP contribution in [0, 0.1) is 10.1 Å². The fourth-order valence-corrected chi connectivity index (χ4v) is 3.29. The van der Waals surface area contributed by atoms with Gasteiger partial charge >= 0.3 is 0 Å². The quantitative estimate of drug-likeness (QED) is 0.624. The molecular weight excluding hydrogens is 364 g/mol. The van der Waals surface area contributed by atoms with Crippen LogP contribution in [0.5, 0.6) is 0 Å². The van der Waals surface area contributed by atoms with Crippen LogP contribution in [0.3, 0.4) is 0 Å². The number of benzene rings is 1. The Labute approximate surface area is 128 Å². The lowest BCUT2D eigenvalue weighted by Gasteiger charge is -2.10. The maximum atomic E-state index is 12.2. The third-order valence-corrected chi connectivity index (χ3v) is 4.57. The minimum absolute atomic E-state index is 0.136. The predicted molar refractivity (Wildman–Crippen MR) is 80.3 cm³/mol. The van der Waals surface area contributed by atoms with Crippen LogP contribution in [0.2, 0.25) is 0 Å². The molecule has 2 aromatic rings. The summed E-state index contributed by atoms with van der Waals surface area (Å²) in [5.41, 5.74) is 5.53. The Kier molecular flexibility index (Phi) is 4.09. The second kappa shape index (κ2) is 5.66. The average Bonchev–Trinajstić information content (AvgIpc) is 2.41. The molecule has 110 valence electrons. The smallest absolute Gasteiger partial charge is 0.270 e. The van der Waals surface area contributed by atoms with E-state index >= 15 is 0 Å². The summed E-state index contributed by atoms with van der Waals surface area (Å²) < 4.78 is 26.9. The molecule has 1 aromatic carbocycles. The molecule has 0 aliphatic rings. The molecule has 0 saturated carbocycles. The third-order valence-electron chi connectivity index (χ3n) is 2.50. The van der Waals surface area contributed by atoms with Crippen LogP contribution in [0.4, 0.5) is 17.2 Å². The first kappa shape index (κ1) is 15.2. The standard InChI is InChI=1S/C11H9BrN4O4S/c12-8-6-7(16(17)18)3-4-9(8)15-21(19,20)10-2-1-5-14-11(10)13/h1-6,15H,(H2,13,14). The van der Waals surface area contributed by atoms with Crippen LogP contribution in [-0.4, -0.2) is 18.3 Å². The normalized spacial score (nSPS) is 11.1. The van der Waals surface area contributed by atoms with E-state index in [0.717, 1.165) is 0 Å². The van der Waals surface area contributed by atoms with Gasteiger partial charge in [-0.2, -0.15) is 0 Å². The Morgan fingerprint density at radius 3 is 2.62 bits per heavy atom. The molecule has 0 fully saturated rings. The first-order valence-electron chi connectivity index (χ1n) is 5.48. The van der Waals surface area contributed by atoms with Crippen LogP contribution in [0.25, 0.3) is 0 Å². The molecular formula is C11H9BrN4O4S. The summed E-state index contributed by atoms with van der Waals surface area (Å²) in [6.07, 6.45) is 1.37. The van der Waals surface area contributed by atoms with Crippen LogP contribution in [-0.2, 0) is 10.0 Å². The molecule has 0 aliphatic carbocycles. The van der Waals surface area contributed by atoms with Gasteiger partial charge in [0.25, 0.3) is 15.7 Å². The van der Waals surface area contributed by atoms with E-state index in [1.54, 1.807) is 0 Å². The van der Waals surface area contributed by atoms with Gasteiger partial charge in [0.05, 0.1) is 10.6 Å². The molecule has 1 heterocycles. The Morgan fingerprint density at radius 1 is 1.33 bits per heavy atom. The number of rotatable bonds is 4. The van der Waals surface area contributed by atoms with Crippen molar-refractivity contribution in [2.24, 2.45) is 0 Å². The zero-order valence-corrected chi connectivity index (χ0v) is 12.8. The van der Waals surface area contributed by atoms with E-state index in [0.29, 0.717) is 0 Å². The molecule has 0 spiro atoms. The van der Waals surface area contributed by atoms with Crippen LogP contribution in [0.15, 0.2) is 45.9 Å². The number of nitrogens with two attached hydrogens (primary N) is 1. The number of aromatic nitrogens is 1. The number of sulfonamides is 1. The lowest BCUT2D eigenvalue weighted by molar-refractivity contribution is -0.384. The first-order chi connectivity index (χ1) is 9.81. The predicted octanol–water partition coefficient (Wildman–Crippen LogP) is 2.14. The Bertz CT molecular complexity index is 810. The Hall–Kier alpha value is -2.20. The maximum absolute atomic E-state index is 12.2. The van der Waals surface area contributed by atoms with Gasteiger partial charge in [0.2, 0.25) is 0 Å². The summed E-state index contributed by atoms with van der Waals surface area (Å²) in [4.78, 5) is 13.6. The highest BCUT2D eigenvalue weighted by Gasteiger charge is 2.20. The maximum Gasteiger partial charge on any atom is 0.270 e. The number of nitrogens with zero attached hydrogens (tertiary/aromatic N) is 2. The van der Waals surface area contributed by atoms with E-state index in [1.807, 2.05) is 0 Å². The van der Waals surface area contributed by atoms with Gasteiger partial charge in [-0.25, -0.2) is 13.4 Å². The molecule has 2 rings (SSSR count). The monoisotopic (exact) mass is 372 g/mol. The van der Waals surface area contributed by atoms with E-state index in [9.17, 15) is 18.5 Å². The number of nitro groups is 1. The molecule has 0 amide bonds. The topological polar surface area (TPSA) is 128 Å². The second-order valence-corrected chi connectivity index (χ2v) is 6.42. The van der Waals surface area contributed by atoms with Gasteiger partial charge in [-0.15, -0.1) is 0 Å². The van der Waals surface area contributed by atoms with Gasteiger partial charge in [0, 0.05) is 22.8 Å². The van der Waals surface area contributed by atoms with Crippen molar-refractivity contribution >= 4 is 43.1 Å². The van der Waals surface area contributed by atoms with Crippen LogP contribution in [0.1, 0.15) is 0 Å². The van der Waals surface area contributed by atoms with Crippen molar-refractivity contribution in [3.63, 3.8) is 0 Å². The fraction of sp³-hybridized carbons (Fsp3) is 0. The van der Waals surface area contributed by atoms with Crippen molar-refractivity contribution in [2.45, 2.75) is 4.90 Å². The summed E-state index contributed by atoms with van der Waals surface area (Å²) in [6.45, 7) is 0. The molecule has 21 heavy (non-hydrogen) atoms. The lowest BCUT2D eigenvalue weighted by atomic mass is 10.3. The highest BCUT2D eigenvalue weighted by molar-refractivity contribution is 9.10. The van der Waals surface area contributed by atoms with Gasteiger partial charge in [-0.05, 0) is 34.1 Å². The number of non-ortho nitro benzene ring substituents is 1. The Balaban J connectivity index is 2.38. The van der Waals surface area contributed by atoms with Crippen molar-refractivity contribution in [2.75, 3.05) is 10.5 Å². The molecule has 10 heteroatoms. The first-order valence-corrected chi connectivity index (χ1v) is 7.76. The molecule has 8 nitrogen and oxygen atoms in total. The number of pyridine rings is 1. The van der Waals surface area contributed by atoms with E-state index in [2.05, 4.69) is 25.6 Å². The number of nitrogen functional groups attached to an aromatic ring is 1. The molecule has 0 unspecified atom stereocenters. The van der Waals surface area contributed by atoms with Crippen molar-refractivity contribution in [1.29, 1.82) is 0 Å². The van der Waals surface area contributed by atoms with Crippen molar-refractivity contribution in [3.05, 3.63) is 51.1 Å². The molecule has 0 bridgehead atoms. The highest BCUT2D eigenvalue weighted by Crippen LogP contribution is 2.29.